The maximum absolute atomic E-state index is 12.1. The molecule has 20 heavy (non-hydrogen) atoms. The van der Waals surface area contributed by atoms with Gasteiger partial charge in [-0.2, -0.15) is 5.26 Å². The summed E-state index contributed by atoms with van der Waals surface area (Å²) in [5.41, 5.74) is 0.735. The second-order valence-corrected chi connectivity index (χ2v) is 5.10. The molecule has 0 saturated carbocycles. The Bertz CT molecular complexity index is 493. The van der Waals surface area contributed by atoms with Crippen LogP contribution in [-0.4, -0.2) is 25.1 Å². The van der Waals surface area contributed by atoms with Gasteiger partial charge in [0.1, 0.15) is 11.8 Å². The molecule has 2 atom stereocenters. The van der Waals surface area contributed by atoms with Gasteiger partial charge in [0.25, 0.3) is 0 Å². The van der Waals surface area contributed by atoms with E-state index in [1.165, 1.54) is 0 Å². The summed E-state index contributed by atoms with van der Waals surface area (Å²) in [6.45, 7) is 3.08. The molecule has 1 aromatic rings. The molecule has 1 aliphatic heterocycles. The van der Waals surface area contributed by atoms with Crippen LogP contribution in [0.1, 0.15) is 19.8 Å². The van der Waals surface area contributed by atoms with Gasteiger partial charge in [0.2, 0.25) is 5.91 Å². The van der Waals surface area contributed by atoms with Gasteiger partial charge in [-0.05, 0) is 49.6 Å². The van der Waals surface area contributed by atoms with Gasteiger partial charge in [0.05, 0.1) is 6.04 Å². The molecule has 2 N–H and O–H groups in total. The summed E-state index contributed by atoms with van der Waals surface area (Å²) in [6.07, 6.45) is 1.99. The van der Waals surface area contributed by atoms with Crippen LogP contribution in [0.2, 0.25) is 0 Å². The third kappa shape index (κ3) is 3.97. The van der Waals surface area contributed by atoms with Crippen LogP contribution in [0.25, 0.3) is 0 Å². The predicted molar refractivity (Wildman–Crippen MR) is 76.4 cm³/mol. The van der Waals surface area contributed by atoms with Gasteiger partial charge in [0.15, 0.2) is 6.61 Å². The number of rotatable bonds is 4. The Hall–Kier alpha value is -2.06. The summed E-state index contributed by atoms with van der Waals surface area (Å²) in [6, 6.07) is 8.82. The van der Waals surface area contributed by atoms with Gasteiger partial charge >= 0.3 is 0 Å². The minimum absolute atomic E-state index is 0.00208. The van der Waals surface area contributed by atoms with Crippen LogP contribution in [0.4, 0.5) is 5.69 Å². The average Bonchev–Trinajstić information content (AvgIpc) is 2.46. The maximum Gasteiger partial charge on any atom is 0.241 e. The number of nitrogens with zero attached hydrogens (tertiary/aromatic N) is 1. The van der Waals surface area contributed by atoms with Crippen molar-refractivity contribution in [3.05, 3.63) is 24.3 Å². The van der Waals surface area contributed by atoms with Gasteiger partial charge in [-0.25, -0.2) is 0 Å². The van der Waals surface area contributed by atoms with Gasteiger partial charge < -0.3 is 15.4 Å². The first-order chi connectivity index (χ1) is 9.69. The topological polar surface area (TPSA) is 74.2 Å². The number of nitrogens with one attached hydrogen (secondary N) is 2. The fourth-order valence-electron chi connectivity index (χ4n) is 2.29. The quantitative estimate of drug-likeness (QED) is 0.879. The highest BCUT2D eigenvalue weighted by Gasteiger charge is 2.24. The fourth-order valence-corrected chi connectivity index (χ4v) is 2.29. The van der Waals surface area contributed by atoms with E-state index >= 15 is 0 Å². The number of hydrogen-bond donors (Lipinski definition) is 2. The lowest BCUT2D eigenvalue weighted by atomic mass is 9.94. The summed E-state index contributed by atoms with van der Waals surface area (Å²) >= 11 is 0. The number of carbonyl (C=O) groups is 1. The minimum atomic E-state index is -0.117. The highest BCUT2D eigenvalue weighted by Crippen LogP contribution is 2.18. The minimum Gasteiger partial charge on any atom is -0.479 e. The summed E-state index contributed by atoms with van der Waals surface area (Å²) in [5, 5.41) is 14.6. The van der Waals surface area contributed by atoms with E-state index in [0.29, 0.717) is 11.7 Å². The molecule has 1 fully saturated rings. The SMILES string of the molecule is CC1CCNC(C(=O)Nc2ccc(OCC#N)cc2)C1. The maximum atomic E-state index is 12.1. The Morgan fingerprint density at radius 2 is 2.25 bits per heavy atom. The van der Waals surface area contributed by atoms with Crippen LogP contribution in [-0.2, 0) is 4.79 Å². The lowest BCUT2D eigenvalue weighted by Crippen LogP contribution is -2.45. The smallest absolute Gasteiger partial charge is 0.241 e. The number of anilines is 1. The summed E-state index contributed by atoms with van der Waals surface area (Å²) < 4.78 is 5.16. The van der Waals surface area contributed by atoms with Crippen molar-refractivity contribution in [3.8, 4) is 11.8 Å². The number of ether oxygens (including phenoxy) is 1. The Labute approximate surface area is 118 Å². The molecule has 106 valence electrons. The molecule has 1 aromatic carbocycles. The summed E-state index contributed by atoms with van der Waals surface area (Å²) in [4.78, 5) is 12.1. The normalized spacial score (nSPS) is 21.8. The highest BCUT2D eigenvalue weighted by atomic mass is 16.5. The molecule has 1 saturated heterocycles. The first-order valence-corrected chi connectivity index (χ1v) is 6.83. The Morgan fingerprint density at radius 3 is 2.90 bits per heavy atom. The average molecular weight is 273 g/mol. The summed E-state index contributed by atoms with van der Waals surface area (Å²) in [7, 11) is 0. The van der Waals surface area contributed by atoms with Crippen LogP contribution < -0.4 is 15.4 Å². The molecule has 2 unspecified atom stereocenters. The third-order valence-corrected chi connectivity index (χ3v) is 3.41. The van der Waals surface area contributed by atoms with Crippen LogP contribution >= 0.6 is 0 Å². The van der Waals surface area contributed by atoms with Gasteiger partial charge in [-0.1, -0.05) is 6.92 Å². The standard InChI is InChI=1S/C15H19N3O2/c1-11-6-8-17-14(10-11)15(19)18-12-2-4-13(5-3-12)20-9-7-16/h2-5,11,14,17H,6,8-10H2,1H3,(H,18,19). The molecule has 0 aromatic heterocycles. The van der Waals surface area contributed by atoms with Gasteiger partial charge in [-0.3, -0.25) is 4.79 Å². The first kappa shape index (κ1) is 14.4. The van der Waals surface area contributed by atoms with E-state index in [2.05, 4.69) is 17.6 Å². The molecule has 0 spiro atoms. The molecule has 1 heterocycles. The lowest BCUT2D eigenvalue weighted by molar-refractivity contribution is -0.119. The lowest BCUT2D eigenvalue weighted by Gasteiger charge is -2.27. The van der Waals surface area contributed by atoms with Crippen LogP contribution in [0.3, 0.4) is 0 Å². The molecule has 1 amide bonds. The zero-order chi connectivity index (χ0) is 14.4. The molecular weight excluding hydrogens is 254 g/mol. The van der Waals surface area contributed by atoms with Crippen molar-refractivity contribution in [2.75, 3.05) is 18.5 Å². The largest absolute Gasteiger partial charge is 0.479 e. The van der Waals surface area contributed by atoms with Crippen LogP contribution in [0.5, 0.6) is 5.75 Å². The molecule has 0 radical (unpaired) electrons. The molecule has 5 heteroatoms. The zero-order valence-corrected chi connectivity index (χ0v) is 11.6. The number of amides is 1. The fraction of sp³-hybridized carbons (Fsp3) is 0.467. The van der Waals surface area contributed by atoms with Crippen molar-refractivity contribution >= 4 is 11.6 Å². The Morgan fingerprint density at radius 1 is 1.50 bits per heavy atom. The Kier molecular flexibility index (Phi) is 4.97. The summed E-state index contributed by atoms with van der Waals surface area (Å²) in [5.74, 6) is 1.20. The van der Waals surface area contributed by atoms with E-state index in [9.17, 15) is 4.79 Å². The van der Waals surface area contributed by atoms with Crippen molar-refractivity contribution in [3.63, 3.8) is 0 Å². The van der Waals surface area contributed by atoms with E-state index in [1.54, 1.807) is 24.3 Å². The number of benzene rings is 1. The first-order valence-electron chi connectivity index (χ1n) is 6.83. The van der Waals surface area contributed by atoms with Crippen LogP contribution in [0.15, 0.2) is 24.3 Å². The molecular formula is C15H19N3O2. The highest BCUT2D eigenvalue weighted by molar-refractivity contribution is 5.94. The number of hydrogen-bond acceptors (Lipinski definition) is 4. The van der Waals surface area contributed by atoms with E-state index in [-0.39, 0.29) is 18.6 Å². The molecule has 1 aliphatic rings. The van der Waals surface area contributed by atoms with Crippen molar-refractivity contribution in [1.82, 2.24) is 5.32 Å². The number of carbonyl (C=O) groups excluding carboxylic acids is 1. The van der Waals surface area contributed by atoms with Gasteiger partial charge in [0, 0.05) is 5.69 Å². The van der Waals surface area contributed by atoms with Crippen molar-refractivity contribution < 1.29 is 9.53 Å². The van der Waals surface area contributed by atoms with Crippen molar-refractivity contribution in [2.24, 2.45) is 5.92 Å². The molecule has 2 rings (SSSR count). The third-order valence-electron chi connectivity index (χ3n) is 3.41. The Balaban J connectivity index is 1.89. The van der Waals surface area contributed by atoms with E-state index in [0.717, 1.165) is 25.1 Å². The zero-order valence-electron chi connectivity index (χ0n) is 11.6. The molecule has 0 aliphatic carbocycles. The van der Waals surface area contributed by atoms with Crippen molar-refractivity contribution in [2.45, 2.75) is 25.8 Å². The van der Waals surface area contributed by atoms with E-state index < -0.39 is 0 Å². The molecule has 0 bridgehead atoms. The van der Waals surface area contributed by atoms with E-state index in [1.807, 2.05) is 6.07 Å². The second kappa shape index (κ2) is 6.92. The van der Waals surface area contributed by atoms with E-state index in [4.69, 9.17) is 10.00 Å². The second-order valence-electron chi connectivity index (χ2n) is 5.10. The van der Waals surface area contributed by atoms with Crippen molar-refractivity contribution in [1.29, 1.82) is 5.26 Å². The number of nitriles is 1. The molecule has 5 nitrogen and oxygen atoms in total. The monoisotopic (exact) mass is 273 g/mol. The number of piperidine rings is 1. The van der Waals surface area contributed by atoms with Gasteiger partial charge in [-0.15, -0.1) is 0 Å². The van der Waals surface area contributed by atoms with Crippen LogP contribution in [0, 0.1) is 17.2 Å². The predicted octanol–water partition coefficient (Wildman–Crippen LogP) is 1.92.